The molecule has 2 aromatic carbocycles. The third-order valence-electron chi connectivity index (χ3n) is 4.82. The Hall–Kier alpha value is -3.41. The van der Waals surface area contributed by atoms with Gasteiger partial charge in [0.05, 0.1) is 16.5 Å². The van der Waals surface area contributed by atoms with Crippen LogP contribution in [0.2, 0.25) is 0 Å². The Morgan fingerprint density at radius 1 is 0.931 bits per heavy atom. The van der Waals surface area contributed by atoms with Gasteiger partial charge in [-0.05, 0) is 23.8 Å². The molecule has 6 heteroatoms. The van der Waals surface area contributed by atoms with Gasteiger partial charge in [-0.1, -0.05) is 42.5 Å². The summed E-state index contributed by atoms with van der Waals surface area (Å²) in [4.78, 5) is 12.5. The van der Waals surface area contributed by atoms with Crippen LogP contribution in [0.4, 0.5) is 13.2 Å². The summed E-state index contributed by atoms with van der Waals surface area (Å²) >= 11 is 0. The molecule has 29 heavy (non-hydrogen) atoms. The van der Waals surface area contributed by atoms with Gasteiger partial charge in [0.15, 0.2) is 12.4 Å². The summed E-state index contributed by atoms with van der Waals surface area (Å²) in [6.07, 6.45) is 1.28. The molecule has 0 N–H and O–H groups in total. The molecule has 0 bridgehead atoms. The lowest BCUT2D eigenvalue weighted by molar-refractivity contribution is -0.681. The number of aromatic nitrogens is 2. The molecule has 0 fully saturated rings. The number of pyridine rings is 1. The minimum atomic E-state index is -4.41. The van der Waals surface area contributed by atoms with E-state index in [0.717, 1.165) is 29.6 Å². The third-order valence-corrected chi connectivity index (χ3v) is 4.82. The highest BCUT2D eigenvalue weighted by atomic mass is 19.4. The van der Waals surface area contributed by atoms with Crippen molar-refractivity contribution in [2.45, 2.75) is 19.3 Å². The van der Waals surface area contributed by atoms with Gasteiger partial charge in [0.1, 0.15) is 0 Å². The molecule has 3 nitrogen and oxygen atoms in total. The van der Waals surface area contributed by atoms with Crippen molar-refractivity contribution < 1.29 is 22.5 Å². The maximum Gasteiger partial charge on any atom is 0.416 e. The molecular formula is C23H18F3N2O+. The van der Waals surface area contributed by atoms with Crippen LogP contribution in [0.15, 0.2) is 85.3 Å². The first kappa shape index (κ1) is 18.9. The fourth-order valence-corrected chi connectivity index (χ4v) is 3.31. The first-order chi connectivity index (χ1) is 13.9. The van der Waals surface area contributed by atoms with Gasteiger partial charge in [-0.2, -0.15) is 17.7 Å². The number of rotatable bonds is 5. The lowest BCUT2D eigenvalue weighted by Gasteiger charge is -2.07. The Kier molecular flexibility index (Phi) is 4.92. The molecule has 0 aliphatic rings. The molecule has 0 aliphatic heterocycles. The molecular weight excluding hydrogens is 377 g/mol. The highest BCUT2D eigenvalue weighted by Gasteiger charge is 2.30. The molecule has 0 unspecified atom stereocenters. The Labute approximate surface area is 165 Å². The molecule has 2 aromatic heterocycles. The zero-order valence-electron chi connectivity index (χ0n) is 15.4. The maximum atomic E-state index is 12.7. The summed E-state index contributed by atoms with van der Waals surface area (Å²) in [5.74, 6) is -0.244. The predicted octanol–water partition coefficient (Wildman–Crippen LogP) is 4.88. The third kappa shape index (κ3) is 4.21. The van der Waals surface area contributed by atoms with Gasteiger partial charge >= 0.3 is 6.18 Å². The molecule has 0 atom stereocenters. The number of hydrogen-bond donors (Lipinski definition) is 0. The minimum absolute atomic E-state index is 0.0607. The number of fused-ring (bicyclic) bond motifs is 1. The highest BCUT2D eigenvalue weighted by Crippen LogP contribution is 2.29. The Morgan fingerprint density at radius 3 is 2.34 bits per heavy atom. The van der Waals surface area contributed by atoms with Gasteiger partial charge < -0.3 is 4.57 Å². The summed E-state index contributed by atoms with van der Waals surface area (Å²) in [5.41, 5.74) is 1.74. The van der Waals surface area contributed by atoms with Gasteiger partial charge in [0.2, 0.25) is 12.3 Å². The lowest BCUT2D eigenvalue weighted by atomic mass is 10.1. The number of ketones is 1. The van der Waals surface area contributed by atoms with Gasteiger partial charge in [-0.3, -0.25) is 4.79 Å². The van der Waals surface area contributed by atoms with Crippen LogP contribution in [-0.4, -0.2) is 10.4 Å². The molecule has 0 amide bonds. The summed E-state index contributed by atoms with van der Waals surface area (Å²) in [6.45, 7) is 0.810. The second-order valence-corrected chi connectivity index (χ2v) is 6.89. The predicted molar refractivity (Wildman–Crippen MR) is 103 cm³/mol. The number of carbonyl (C=O) groups excluding carboxylic acids is 1. The monoisotopic (exact) mass is 395 g/mol. The van der Waals surface area contributed by atoms with Crippen LogP contribution in [-0.2, 0) is 19.3 Å². The van der Waals surface area contributed by atoms with Crippen LogP contribution in [0.5, 0.6) is 0 Å². The number of nitrogens with zero attached hydrogens (tertiary/aromatic N) is 2. The number of hydrogen-bond acceptors (Lipinski definition) is 1. The van der Waals surface area contributed by atoms with E-state index in [4.69, 9.17) is 0 Å². The van der Waals surface area contributed by atoms with Crippen LogP contribution in [0.1, 0.15) is 21.5 Å². The van der Waals surface area contributed by atoms with Gasteiger partial charge in [0.25, 0.3) is 0 Å². The van der Waals surface area contributed by atoms with Crippen molar-refractivity contribution in [3.63, 3.8) is 0 Å². The summed E-state index contributed by atoms with van der Waals surface area (Å²) in [7, 11) is 0. The van der Waals surface area contributed by atoms with E-state index in [1.807, 2.05) is 48.9 Å². The van der Waals surface area contributed by atoms with Crippen LogP contribution in [0.25, 0.3) is 10.9 Å². The first-order valence-electron chi connectivity index (χ1n) is 9.12. The Bertz CT molecular complexity index is 1150. The highest BCUT2D eigenvalue weighted by molar-refractivity contribution is 5.95. The largest absolute Gasteiger partial charge is 0.416 e. The maximum absolute atomic E-state index is 12.7. The van der Waals surface area contributed by atoms with Crippen molar-refractivity contribution in [2.24, 2.45) is 0 Å². The van der Waals surface area contributed by atoms with E-state index >= 15 is 0 Å². The Morgan fingerprint density at radius 2 is 1.66 bits per heavy atom. The topological polar surface area (TPSA) is 25.9 Å². The quantitative estimate of drug-likeness (QED) is 0.349. The molecule has 0 saturated heterocycles. The normalized spacial score (nSPS) is 11.7. The standard InChI is InChI=1S/C23H18F3N2O/c24-23(25,26)20-8-6-18(7-9-20)22(29)16-27-12-11-21-19(15-27)10-13-28(21)14-17-4-2-1-3-5-17/h1-13,15H,14,16H2/q+1. The number of halogens is 3. The van der Waals surface area contributed by atoms with E-state index in [2.05, 4.69) is 16.7 Å². The SMILES string of the molecule is O=C(C[n+]1ccc2c(ccn2Cc2ccccc2)c1)c1ccc(C(F)(F)F)cc1. The molecule has 4 aromatic rings. The van der Waals surface area contributed by atoms with Gasteiger partial charge in [0, 0.05) is 24.4 Å². The molecule has 0 aliphatic carbocycles. The Balaban J connectivity index is 1.51. The van der Waals surface area contributed by atoms with Crippen molar-refractivity contribution in [1.29, 1.82) is 0 Å². The number of benzene rings is 2. The van der Waals surface area contributed by atoms with E-state index in [0.29, 0.717) is 0 Å². The molecule has 0 spiro atoms. The summed E-state index contributed by atoms with van der Waals surface area (Å²) in [6, 6.07) is 18.4. The second-order valence-electron chi connectivity index (χ2n) is 6.89. The van der Waals surface area contributed by atoms with Gasteiger partial charge in [-0.15, -0.1) is 0 Å². The van der Waals surface area contributed by atoms with Crippen LogP contribution in [0, 0.1) is 0 Å². The number of Topliss-reactive ketones (excluding diaryl/α,β-unsaturated/α-hetero) is 1. The molecule has 4 rings (SSSR count). The second kappa shape index (κ2) is 7.54. The van der Waals surface area contributed by atoms with Crippen molar-refractivity contribution >= 4 is 16.7 Å². The smallest absolute Gasteiger partial charge is 0.343 e. The van der Waals surface area contributed by atoms with Crippen LogP contribution in [0.3, 0.4) is 0 Å². The fraction of sp³-hybridized carbons (Fsp3) is 0.130. The van der Waals surface area contributed by atoms with Crippen molar-refractivity contribution in [3.8, 4) is 0 Å². The number of alkyl halides is 3. The van der Waals surface area contributed by atoms with E-state index < -0.39 is 11.7 Å². The van der Waals surface area contributed by atoms with E-state index in [1.165, 1.54) is 17.7 Å². The van der Waals surface area contributed by atoms with Gasteiger partial charge in [-0.25, -0.2) is 0 Å². The van der Waals surface area contributed by atoms with Crippen molar-refractivity contribution in [2.75, 3.05) is 0 Å². The van der Waals surface area contributed by atoms with E-state index in [1.54, 1.807) is 4.57 Å². The molecule has 0 saturated carbocycles. The van der Waals surface area contributed by atoms with E-state index in [-0.39, 0.29) is 17.9 Å². The van der Waals surface area contributed by atoms with Crippen molar-refractivity contribution in [3.05, 3.63) is 102 Å². The number of carbonyl (C=O) groups is 1. The average molecular weight is 395 g/mol. The lowest BCUT2D eigenvalue weighted by Crippen LogP contribution is -2.37. The van der Waals surface area contributed by atoms with E-state index in [9.17, 15) is 18.0 Å². The zero-order valence-corrected chi connectivity index (χ0v) is 15.4. The molecule has 146 valence electrons. The van der Waals surface area contributed by atoms with Crippen LogP contribution < -0.4 is 4.57 Å². The zero-order chi connectivity index (χ0) is 20.4. The van der Waals surface area contributed by atoms with Crippen molar-refractivity contribution in [1.82, 2.24) is 4.57 Å². The molecule has 2 heterocycles. The summed E-state index contributed by atoms with van der Waals surface area (Å²) in [5, 5.41) is 0.989. The average Bonchev–Trinajstić information content (AvgIpc) is 3.10. The summed E-state index contributed by atoms with van der Waals surface area (Å²) < 4.78 is 41.9. The minimum Gasteiger partial charge on any atom is -0.343 e. The fourth-order valence-electron chi connectivity index (χ4n) is 3.31. The first-order valence-corrected chi connectivity index (χ1v) is 9.12. The molecule has 0 radical (unpaired) electrons. The van der Waals surface area contributed by atoms with Crippen LogP contribution >= 0.6 is 0 Å².